The van der Waals surface area contributed by atoms with E-state index in [1.54, 1.807) is 12.1 Å². The Labute approximate surface area is 193 Å². The maximum atomic E-state index is 12.7. The summed E-state index contributed by atoms with van der Waals surface area (Å²) in [5.74, 6) is 0.925. The zero-order valence-corrected chi connectivity index (χ0v) is 19.5. The summed E-state index contributed by atoms with van der Waals surface area (Å²) in [7, 11) is 0. The number of para-hydroxylation sites is 2. The topological polar surface area (TPSA) is 61.8 Å². The molecular weight excluding hydrogens is 503 g/mol. The van der Waals surface area contributed by atoms with Crippen molar-refractivity contribution >= 4 is 35.6 Å². The Morgan fingerprint density at radius 2 is 2.07 bits per heavy atom. The molecule has 0 saturated carbocycles. The lowest BCUT2D eigenvalue weighted by atomic mass is 10.2. The van der Waals surface area contributed by atoms with Crippen LogP contribution >= 0.6 is 24.0 Å². The molecule has 1 fully saturated rings. The monoisotopic (exact) mass is 531 g/mol. The van der Waals surface area contributed by atoms with Crippen molar-refractivity contribution in [2.75, 3.05) is 24.5 Å². The molecule has 1 unspecified atom stereocenters. The highest BCUT2D eigenvalue weighted by Gasteiger charge is 2.26. The van der Waals surface area contributed by atoms with Gasteiger partial charge in [0.15, 0.2) is 5.96 Å². The molecule has 164 valence electrons. The molecule has 1 saturated heterocycles. The molecule has 1 aliphatic rings. The van der Waals surface area contributed by atoms with Gasteiger partial charge in [-0.25, -0.2) is 4.99 Å². The summed E-state index contributed by atoms with van der Waals surface area (Å²) in [4.78, 5) is 11.2. The Morgan fingerprint density at radius 1 is 1.27 bits per heavy atom. The number of pyridine rings is 1. The normalized spacial score (nSPS) is 16.4. The molecule has 1 aliphatic heterocycles. The van der Waals surface area contributed by atoms with E-state index >= 15 is 0 Å². The number of aromatic nitrogens is 1. The average molecular weight is 531 g/mol. The van der Waals surface area contributed by atoms with Crippen LogP contribution in [-0.2, 0) is 6.54 Å². The van der Waals surface area contributed by atoms with Gasteiger partial charge in [0, 0.05) is 31.4 Å². The molecule has 0 amide bonds. The van der Waals surface area contributed by atoms with Crippen LogP contribution in [0.1, 0.15) is 24.7 Å². The van der Waals surface area contributed by atoms with Gasteiger partial charge in [0.2, 0.25) is 0 Å². The van der Waals surface area contributed by atoms with E-state index in [2.05, 4.69) is 30.2 Å². The van der Waals surface area contributed by atoms with Crippen LogP contribution in [0.5, 0.6) is 5.75 Å². The number of ether oxygens (including phenoxy) is 1. The van der Waals surface area contributed by atoms with Crippen LogP contribution in [0.25, 0.3) is 0 Å². The Kier molecular flexibility index (Phi) is 9.54. The molecule has 3 rings (SSSR count). The van der Waals surface area contributed by atoms with Crippen molar-refractivity contribution in [1.29, 1.82) is 0 Å². The summed E-state index contributed by atoms with van der Waals surface area (Å²) in [5, 5.41) is 6.70. The summed E-state index contributed by atoms with van der Waals surface area (Å²) >= 11 is 0. The van der Waals surface area contributed by atoms with Gasteiger partial charge in [0.05, 0.1) is 17.9 Å². The smallest absolute Gasteiger partial charge is 0.387 e. The third-order valence-electron chi connectivity index (χ3n) is 4.64. The summed E-state index contributed by atoms with van der Waals surface area (Å²) in [6, 6.07) is 12.9. The first-order valence-electron chi connectivity index (χ1n) is 9.81. The molecular formula is C21H28F2IN5O. The Hall–Kier alpha value is -2.17. The van der Waals surface area contributed by atoms with Crippen molar-refractivity contribution in [3.05, 3.63) is 53.9 Å². The van der Waals surface area contributed by atoms with E-state index < -0.39 is 6.61 Å². The third-order valence-corrected chi connectivity index (χ3v) is 4.64. The third kappa shape index (κ3) is 6.96. The molecule has 0 radical (unpaired) electrons. The van der Waals surface area contributed by atoms with Crippen LogP contribution in [0.4, 0.5) is 14.5 Å². The van der Waals surface area contributed by atoms with Crippen LogP contribution in [-0.4, -0.2) is 43.2 Å². The van der Waals surface area contributed by atoms with Gasteiger partial charge in [-0.3, -0.25) is 4.98 Å². The molecule has 0 aliphatic carbocycles. The number of rotatable bonds is 7. The molecule has 1 atom stereocenters. The maximum absolute atomic E-state index is 12.7. The van der Waals surface area contributed by atoms with E-state index in [1.165, 1.54) is 0 Å². The van der Waals surface area contributed by atoms with Crippen molar-refractivity contribution in [2.45, 2.75) is 39.5 Å². The van der Waals surface area contributed by atoms with E-state index in [0.29, 0.717) is 18.8 Å². The lowest BCUT2D eigenvalue weighted by Crippen LogP contribution is -2.44. The fraction of sp³-hybridized carbons (Fsp3) is 0.429. The molecule has 1 aromatic carbocycles. The number of aliphatic imine (C=N–C) groups is 1. The van der Waals surface area contributed by atoms with E-state index in [9.17, 15) is 8.78 Å². The first-order valence-corrected chi connectivity index (χ1v) is 9.81. The summed E-state index contributed by atoms with van der Waals surface area (Å²) in [6.45, 7) is 3.79. The van der Waals surface area contributed by atoms with Gasteiger partial charge in [0.25, 0.3) is 0 Å². The van der Waals surface area contributed by atoms with Gasteiger partial charge >= 0.3 is 6.61 Å². The highest BCUT2D eigenvalue weighted by Crippen LogP contribution is 2.31. The summed E-state index contributed by atoms with van der Waals surface area (Å²) in [5.41, 5.74) is 2.56. The number of guanidine groups is 1. The lowest BCUT2D eigenvalue weighted by Gasteiger charge is -2.22. The zero-order valence-electron chi connectivity index (χ0n) is 17.1. The Balaban J connectivity index is 0.00000320. The summed E-state index contributed by atoms with van der Waals surface area (Å²) in [6.07, 6.45) is 0.871. The lowest BCUT2D eigenvalue weighted by molar-refractivity contribution is -0.0495. The first kappa shape index (κ1) is 24.1. The van der Waals surface area contributed by atoms with Crippen LogP contribution in [0.15, 0.2) is 47.5 Å². The predicted octanol–water partition coefficient (Wildman–Crippen LogP) is 3.94. The van der Waals surface area contributed by atoms with E-state index in [1.807, 2.05) is 44.2 Å². The van der Waals surface area contributed by atoms with Crippen LogP contribution in [0, 0.1) is 6.92 Å². The zero-order chi connectivity index (χ0) is 20.6. The Morgan fingerprint density at radius 3 is 2.80 bits per heavy atom. The fourth-order valence-electron chi connectivity index (χ4n) is 3.37. The molecule has 0 bridgehead atoms. The van der Waals surface area contributed by atoms with Gasteiger partial charge in [-0.1, -0.05) is 18.2 Å². The predicted molar refractivity (Wildman–Crippen MR) is 126 cm³/mol. The Bertz CT molecular complexity index is 837. The minimum Gasteiger partial charge on any atom is -0.433 e. The van der Waals surface area contributed by atoms with Crippen molar-refractivity contribution in [1.82, 2.24) is 15.6 Å². The number of benzene rings is 1. The molecule has 30 heavy (non-hydrogen) atoms. The first-order chi connectivity index (χ1) is 14.0. The van der Waals surface area contributed by atoms with Gasteiger partial charge in [-0.05, 0) is 44.5 Å². The quantitative estimate of drug-likeness (QED) is 0.322. The van der Waals surface area contributed by atoms with E-state index in [4.69, 9.17) is 0 Å². The highest BCUT2D eigenvalue weighted by atomic mass is 127. The average Bonchev–Trinajstić information content (AvgIpc) is 3.15. The number of aryl methyl sites for hydroxylation is 1. The molecule has 9 heteroatoms. The number of nitrogens with zero attached hydrogens (tertiary/aromatic N) is 3. The van der Waals surface area contributed by atoms with Crippen LogP contribution in [0.3, 0.4) is 0 Å². The second kappa shape index (κ2) is 11.9. The number of nitrogens with one attached hydrogen (secondary N) is 2. The molecule has 6 nitrogen and oxygen atoms in total. The molecule has 2 heterocycles. The SMILES string of the molecule is CCNC(=NCc1cccc(C)n1)NC1CCN(c2ccccc2OC(F)F)C1.I. The van der Waals surface area contributed by atoms with Crippen LogP contribution in [0.2, 0.25) is 0 Å². The van der Waals surface area contributed by atoms with Gasteiger partial charge < -0.3 is 20.3 Å². The van der Waals surface area contributed by atoms with Crippen molar-refractivity contribution < 1.29 is 13.5 Å². The van der Waals surface area contributed by atoms with Crippen molar-refractivity contribution in [3.63, 3.8) is 0 Å². The molecule has 1 aromatic heterocycles. The standard InChI is InChI=1S/C21H27F2N5O.HI/c1-3-24-21(25-13-16-8-6-7-15(2)26-16)27-17-11-12-28(14-17)18-9-4-5-10-19(18)29-20(22)23;/h4-10,17,20H,3,11-14H2,1-2H3,(H2,24,25,27);1H. The molecule has 0 spiro atoms. The minimum absolute atomic E-state index is 0. The van der Waals surface area contributed by atoms with Gasteiger partial charge in [0.1, 0.15) is 5.75 Å². The highest BCUT2D eigenvalue weighted by molar-refractivity contribution is 14.0. The second-order valence-electron chi connectivity index (χ2n) is 6.89. The second-order valence-corrected chi connectivity index (χ2v) is 6.89. The minimum atomic E-state index is -2.84. The number of hydrogen-bond acceptors (Lipinski definition) is 4. The number of halogens is 3. The number of anilines is 1. The number of alkyl halides is 2. The number of hydrogen-bond donors (Lipinski definition) is 2. The van der Waals surface area contributed by atoms with Crippen molar-refractivity contribution in [3.8, 4) is 5.75 Å². The van der Waals surface area contributed by atoms with Gasteiger partial charge in [-0.2, -0.15) is 8.78 Å². The molecule has 2 aromatic rings. The van der Waals surface area contributed by atoms with Crippen LogP contribution < -0.4 is 20.3 Å². The largest absolute Gasteiger partial charge is 0.433 e. The molecule has 2 N–H and O–H groups in total. The fourth-order valence-corrected chi connectivity index (χ4v) is 3.37. The maximum Gasteiger partial charge on any atom is 0.387 e. The van der Waals surface area contributed by atoms with E-state index in [-0.39, 0.29) is 35.8 Å². The summed E-state index contributed by atoms with van der Waals surface area (Å²) < 4.78 is 30.0. The van der Waals surface area contributed by atoms with Gasteiger partial charge in [-0.15, -0.1) is 24.0 Å². The van der Waals surface area contributed by atoms with Crippen molar-refractivity contribution in [2.24, 2.45) is 4.99 Å². The van der Waals surface area contributed by atoms with E-state index in [0.717, 1.165) is 36.9 Å².